The number of sulfonamides is 1. The number of nitrogens with zero attached hydrogens (tertiary/aromatic N) is 1. The summed E-state index contributed by atoms with van der Waals surface area (Å²) in [6.45, 7) is 5.74. The van der Waals surface area contributed by atoms with Crippen molar-refractivity contribution in [3.05, 3.63) is 155 Å². The van der Waals surface area contributed by atoms with Crippen molar-refractivity contribution in [3.63, 3.8) is 0 Å². The second kappa shape index (κ2) is 18.9. The van der Waals surface area contributed by atoms with Gasteiger partial charge in [-0.3, -0.25) is 9.59 Å². The van der Waals surface area contributed by atoms with Crippen LogP contribution in [0.4, 0.5) is 10.1 Å². The minimum atomic E-state index is -3.29. The van der Waals surface area contributed by atoms with Crippen LogP contribution in [0.15, 0.2) is 121 Å². The highest BCUT2D eigenvalue weighted by molar-refractivity contribution is 7.88. The molecule has 0 bridgehead atoms. The van der Waals surface area contributed by atoms with Crippen molar-refractivity contribution in [2.45, 2.75) is 76.6 Å². The fraction of sp³-hybridized carbons (Fsp3) is 0.347. The molecule has 326 valence electrons. The molecule has 1 amide bonds. The van der Waals surface area contributed by atoms with Gasteiger partial charge in [0.2, 0.25) is 15.9 Å². The van der Waals surface area contributed by atoms with E-state index in [4.69, 9.17) is 18.9 Å². The second-order valence-corrected chi connectivity index (χ2v) is 18.4. The van der Waals surface area contributed by atoms with E-state index < -0.39 is 51.3 Å². The summed E-state index contributed by atoms with van der Waals surface area (Å²) >= 11 is 0. The highest BCUT2D eigenvalue weighted by Gasteiger charge is 2.50. The number of halogens is 1. The lowest BCUT2D eigenvalue weighted by Gasteiger charge is -2.48. The zero-order chi connectivity index (χ0) is 44.1. The van der Waals surface area contributed by atoms with Gasteiger partial charge >= 0.3 is 5.97 Å². The van der Waals surface area contributed by atoms with Crippen LogP contribution in [0.2, 0.25) is 0 Å². The Hall–Kier alpha value is -5.44. The molecule has 5 aromatic carbocycles. The van der Waals surface area contributed by atoms with Gasteiger partial charge in [0.05, 0.1) is 31.4 Å². The topological polar surface area (TPSA) is 141 Å². The van der Waals surface area contributed by atoms with E-state index >= 15 is 0 Å². The Bertz CT molecular complexity index is 2430. The number of nitrogens with one attached hydrogen (secondary N) is 1. The Morgan fingerprint density at radius 2 is 1.56 bits per heavy atom. The summed E-state index contributed by atoms with van der Waals surface area (Å²) in [5.74, 6) is -1.71. The van der Waals surface area contributed by atoms with Gasteiger partial charge in [-0.1, -0.05) is 91.0 Å². The molecule has 2 aliphatic heterocycles. The first-order valence-electron chi connectivity index (χ1n) is 20.8. The summed E-state index contributed by atoms with van der Waals surface area (Å²) < 4.78 is 63.4. The predicted octanol–water partition coefficient (Wildman–Crippen LogP) is 8.31. The second-order valence-electron chi connectivity index (χ2n) is 16.5. The summed E-state index contributed by atoms with van der Waals surface area (Å²) in [5, 5.41) is 11.4. The monoisotopic (exact) mass is 864 g/mol. The number of benzene rings is 5. The maximum Gasteiger partial charge on any atom is 0.303 e. The van der Waals surface area contributed by atoms with E-state index in [0.717, 1.165) is 34.1 Å². The van der Waals surface area contributed by atoms with Crippen LogP contribution < -0.4 is 14.4 Å². The minimum absolute atomic E-state index is 0.0976. The SMILES string of the molecule is CC(=O)OC(CC[C@H]1C(=O)N(c2ccc(CCCNS(C)(=O)=O)cc2)[C@@H]1c1ccc(-c2ccc(C3(O)COC(C)(C)OC3)cc2)cc1OCc1ccccc1)c1ccc(F)cc1. The molecule has 0 spiro atoms. The van der Waals surface area contributed by atoms with Gasteiger partial charge in [-0.05, 0) is 103 Å². The molecule has 2 fully saturated rings. The molecule has 2 N–H and O–H groups in total. The number of hydrogen-bond donors (Lipinski definition) is 2. The molecular formula is C49H53FN2O9S. The molecule has 0 aliphatic carbocycles. The maximum atomic E-state index is 14.4. The molecule has 0 aromatic heterocycles. The van der Waals surface area contributed by atoms with E-state index in [1.165, 1.54) is 19.1 Å². The standard InChI is InChI=1S/C49H53FN2O9S/c1-33(53)61-44(37-16-21-40(50)22-17-37)27-26-43-46(52(47(43)54)41-23-12-34(13-24-41)11-8-28-51-62(4,56)57)42-25-18-38(29-45(42)58-30-35-9-6-5-7-10-35)36-14-19-39(20-15-36)49(55)31-59-48(2,3)60-32-49/h5-7,9-10,12-25,29,43-44,46,51,55H,8,11,26-28,30-32H2,1-4H3/t43-,44?,46-/m1/s1. The molecule has 2 saturated heterocycles. The van der Waals surface area contributed by atoms with Gasteiger partial charge in [-0.25, -0.2) is 17.5 Å². The van der Waals surface area contributed by atoms with Crippen molar-refractivity contribution in [2.24, 2.45) is 5.92 Å². The molecule has 1 unspecified atom stereocenters. The number of anilines is 1. The van der Waals surface area contributed by atoms with Gasteiger partial charge < -0.3 is 29.0 Å². The molecule has 3 atom stereocenters. The molecule has 7 rings (SSSR count). The molecule has 13 heteroatoms. The molecule has 2 aliphatic rings. The molecule has 62 heavy (non-hydrogen) atoms. The number of hydrogen-bond acceptors (Lipinski definition) is 9. The number of aliphatic hydroxyl groups is 1. The Morgan fingerprint density at radius 3 is 2.21 bits per heavy atom. The first-order chi connectivity index (χ1) is 29.6. The fourth-order valence-electron chi connectivity index (χ4n) is 7.98. The van der Waals surface area contributed by atoms with E-state index in [1.54, 1.807) is 17.0 Å². The van der Waals surface area contributed by atoms with Crippen LogP contribution in [0.3, 0.4) is 0 Å². The van der Waals surface area contributed by atoms with Gasteiger partial charge in [0.25, 0.3) is 0 Å². The van der Waals surface area contributed by atoms with E-state index in [9.17, 15) is 27.5 Å². The van der Waals surface area contributed by atoms with Crippen LogP contribution in [0, 0.1) is 11.7 Å². The number of carbonyl (C=O) groups excluding carboxylic acids is 2. The fourth-order valence-corrected chi connectivity index (χ4v) is 8.49. The summed E-state index contributed by atoms with van der Waals surface area (Å²) in [7, 11) is -3.29. The summed E-state index contributed by atoms with van der Waals surface area (Å²) in [6.07, 6.45) is 2.36. The van der Waals surface area contributed by atoms with Crippen molar-refractivity contribution < 1.29 is 46.5 Å². The lowest BCUT2D eigenvalue weighted by molar-refractivity contribution is -0.305. The smallest absolute Gasteiger partial charge is 0.303 e. The number of rotatable bonds is 17. The molecule has 0 radical (unpaired) electrons. The van der Waals surface area contributed by atoms with Gasteiger partial charge in [-0.15, -0.1) is 0 Å². The van der Waals surface area contributed by atoms with Gasteiger partial charge in [0.1, 0.15) is 29.9 Å². The molecule has 0 saturated carbocycles. The Morgan fingerprint density at radius 1 is 0.903 bits per heavy atom. The quantitative estimate of drug-likeness (QED) is 0.0537. The highest BCUT2D eigenvalue weighted by Crippen LogP contribution is 2.50. The minimum Gasteiger partial charge on any atom is -0.489 e. The summed E-state index contributed by atoms with van der Waals surface area (Å²) in [6, 6.07) is 36.4. The average molecular weight is 865 g/mol. The zero-order valence-corrected chi connectivity index (χ0v) is 36.2. The first kappa shape index (κ1) is 44.6. The van der Waals surface area contributed by atoms with E-state index in [2.05, 4.69) is 4.72 Å². The molecule has 2 heterocycles. The van der Waals surface area contributed by atoms with E-state index in [0.29, 0.717) is 54.8 Å². The van der Waals surface area contributed by atoms with Gasteiger partial charge in [0, 0.05) is 24.7 Å². The number of esters is 1. The number of aryl methyl sites for hydroxylation is 1. The lowest BCUT2D eigenvalue weighted by Crippen LogP contribution is -2.55. The number of amides is 1. The van der Waals surface area contributed by atoms with Crippen LogP contribution in [0.1, 0.15) is 80.0 Å². The maximum absolute atomic E-state index is 14.4. The third kappa shape index (κ3) is 10.9. The number of carbonyl (C=O) groups is 2. The Kier molecular flexibility index (Phi) is 13.6. The van der Waals surface area contributed by atoms with Crippen molar-refractivity contribution in [1.82, 2.24) is 4.72 Å². The van der Waals surface area contributed by atoms with E-state index in [-0.39, 0.29) is 25.7 Å². The average Bonchev–Trinajstić information content (AvgIpc) is 3.25. The normalized spacial score (nSPS) is 18.7. The lowest BCUT2D eigenvalue weighted by atomic mass is 9.77. The van der Waals surface area contributed by atoms with Crippen LogP contribution in [-0.4, -0.2) is 57.2 Å². The van der Waals surface area contributed by atoms with Crippen molar-refractivity contribution in [3.8, 4) is 16.9 Å². The highest BCUT2D eigenvalue weighted by atomic mass is 32.2. The first-order valence-corrected chi connectivity index (χ1v) is 22.7. The largest absolute Gasteiger partial charge is 0.489 e. The van der Waals surface area contributed by atoms with Crippen molar-refractivity contribution >= 4 is 27.6 Å². The van der Waals surface area contributed by atoms with Crippen LogP contribution in [0.5, 0.6) is 5.75 Å². The number of β-lactam (4-membered cyclic amide) rings is 1. The Labute approximate surface area is 362 Å². The Balaban J connectivity index is 1.21. The third-order valence-corrected chi connectivity index (χ3v) is 12.1. The van der Waals surface area contributed by atoms with Gasteiger partial charge in [-0.2, -0.15) is 0 Å². The summed E-state index contributed by atoms with van der Waals surface area (Å²) in [4.78, 5) is 28.4. The van der Waals surface area contributed by atoms with Crippen molar-refractivity contribution in [2.75, 3.05) is 30.9 Å². The van der Waals surface area contributed by atoms with Crippen LogP contribution in [-0.2, 0) is 52.5 Å². The van der Waals surface area contributed by atoms with E-state index in [1.807, 2.05) is 111 Å². The molecule has 5 aromatic rings. The molecular weight excluding hydrogens is 812 g/mol. The van der Waals surface area contributed by atoms with Crippen LogP contribution in [0.25, 0.3) is 11.1 Å². The van der Waals surface area contributed by atoms with Crippen LogP contribution >= 0.6 is 0 Å². The number of ether oxygens (including phenoxy) is 4. The van der Waals surface area contributed by atoms with Gasteiger partial charge in [0.15, 0.2) is 5.79 Å². The summed E-state index contributed by atoms with van der Waals surface area (Å²) in [5.41, 5.74) is 5.20. The molecule has 11 nitrogen and oxygen atoms in total. The third-order valence-electron chi connectivity index (χ3n) is 11.4. The van der Waals surface area contributed by atoms with Crippen molar-refractivity contribution in [1.29, 1.82) is 0 Å². The zero-order valence-electron chi connectivity index (χ0n) is 35.4. The predicted molar refractivity (Wildman–Crippen MR) is 234 cm³/mol.